The third kappa shape index (κ3) is 3.95. The summed E-state index contributed by atoms with van der Waals surface area (Å²) >= 11 is 0. The van der Waals surface area contributed by atoms with Crippen LogP contribution in [0.2, 0.25) is 0 Å². The van der Waals surface area contributed by atoms with E-state index in [1.807, 2.05) is 18.2 Å². The number of rotatable bonds is 4. The lowest BCUT2D eigenvalue weighted by atomic mass is 10.0. The first-order valence-electron chi connectivity index (χ1n) is 9.06. The lowest BCUT2D eigenvalue weighted by Gasteiger charge is -2.31. The maximum absolute atomic E-state index is 12.1. The van der Waals surface area contributed by atoms with Crippen molar-refractivity contribution in [2.24, 2.45) is 0 Å². The zero-order valence-corrected chi connectivity index (χ0v) is 15.4. The fourth-order valence-corrected chi connectivity index (χ4v) is 3.79. The van der Waals surface area contributed by atoms with Crippen LogP contribution in [0.3, 0.4) is 0 Å². The van der Waals surface area contributed by atoms with Gasteiger partial charge in [0.05, 0.1) is 0 Å². The normalized spacial score (nSPS) is 19.6. The van der Waals surface area contributed by atoms with Gasteiger partial charge in [-0.2, -0.15) is 0 Å². The van der Waals surface area contributed by atoms with Crippen LogP contribution in [-0.2, 0) is 11.2 Å². The molecule has 1 fully saturated rings. The number of hydrogen-bond donors (Lipinski definition) is 2. The van der Waals surface area contributed by atoms with Gasteiger partial charge in [0.15, 0.2) is 0 Å². The van der Waals surface area contributed by atoms with Gasteiger partial charge in [0.2, 0.25) is 5.91 Å². The largest absolute Gasteiger partial charge is 0.337 e. The van der Waals surface area contributed by atoms with E-state index in [-0.39, 0.29) is 17.5 Å². The van der Waals surface area contributed by atoms with Gasteiger partial charge in [0.25, 0.3) is 0 Å². The first-order chi connectivity index (χ1) is 11.9. The van der Waals surface area contributed by atoms with Crippen LogP contribution in [0.1, 0.15) is 38.7 Å². The second-order valence-electron chi connectivity index (χ2n) is 7.58. The standard InChI is InChI=1S/C19H28N4O2/c1-19(2)9-4-11-23(19)12-10-20-18(25)21-15-6-7-16-14(13-15)5-8-17(24)22(16)3/h6-7,13H,4-5,8-12H2,1-3H3,(H2,20,21,25). The van der Waals surface area contributed by atoms with Crippen molar-refractivity contribution >= 4 is 23.3 Å². The summed E-state index contributed by atoms with van der Waals surface area (Å²) in [5, 5.41) is 5.83. The van der Waals surface area contributed by atoms with Crippen LogP contribution < -0.4 is 15.5 Å². The highest BCUT2D eigenvalue weighted by Crippen LogP contribution is 2.29. The number of likely N-dealkylation sites (tertiary alicyclic amines) is 1. The zero-order chi connectivity index (χ0) is 18.0. The average Bonchev–Trinajstić information content (AvgIpc) is 2.90. The van der Waals surface area contributed by atoms with Gasteiger partial charge in [0.1, 0.15) is 0 Å². The number of aryl methyl sites for hydroxylation is 1. The van der Waals surface area contributed by atoms with Crippen LogP contribution in [0.4, 0.5) is 16.2 Å². The van der Waals surface area contributed by atoms with Gasteiger partial charge < -0.3 is 15.5 Å². The predicted octanol–water partition coefficient (Wildman–Crippen LogP) is 2.59. The van der Waals surface area contributed by atoms with E-state index < -0.39 is 0 Å². The van der Waals surface area contributed by atoms with E-state index in [4.69, 9.17) is 0 Å². The molecule has 0 spiro atoms. The number of fused-ring (bicyclic) bond motifs is 1. The van der Waals surface area contributed by atoms with Crippen molar-refractivity contribution in [3.8, 4) is 0 Å². The maximum atomic E-state index is 12.1. The number of amides is 3. The summed E-state index contributed by atoms with van der Waals surface area (Å²) in [6, 6.07) is 5.52. The topological polar surface area (TPSA) is 64.7 Å². The van der Waals surface area contributed by atoms with Crippen molar-refractivity contribution in [1.82, 2.24) is 10.2 Å². The SMILES string of the molecule is CN1C(=O)CCc2cc(NC(=O)NCCN3CCCC3(C)C)ccc21. The van der Waals surface area contributed by atoms with Crippen molar-refractivity contribution in [2.75, 3.05) is 36.9 Å². The summed E-state index contributed by atoms with van der Waals surface area (Å²) in [4.78, 5) is 28.0. The molecule has 0 radical (unpaired) electrons. The Kier molecular flexibility index (Phi) is 4.99. The van der Waals surface area contributed by atoms with Gasteiger partial charge in [0, 0.05) is 43.5 Å². The van der Waals surface area contributed by atoms with Gasteiger partial charge in [-0.25, -0.2) is 4.79 Å². The fourth-order valence-electron chi connectivity index (χ4n) is 3.79. The van der Waals surface area contributed by atoms with E-state index in [2.05, 4.69) is 29.4 Å². The molecular weight excluding hydrogens is 316 g/mol. The van der Waals surface area contributed by atoms with E-state index in [9.17, 15) is 9.59 Å². The minimum absolute atomic E-state index is 0.135. The lowest BCUT2D eigenvalue weighted by Crippen LogP contribution is -2.43. The quantitative estimate of drug-likeness (QED) is 0.882. The molecule has 2 aliphatic rings. The summed E-state index contributed by atoms with van der Waals surface area (Å²) in [6.07, 6.45) is 3.68. The number of nitrogens with one attached hydrogen (secondary N) is 2. The predicted molar refractivity (Wildman–Crippen MR) is 100 cm³/mol. The zero-order valence-electron chi connectivity index (χ0n) is 15.4. The van der Waals surface area contributed by atoms with Crippen LogP contribution in [-0.4, -0.2) is 49.1 Å². The van der Waals surface area contributed by atoms with E-state index in [0.29, 0.717) is 13.0 Å². The van der Waals surface area contributed by atoms with E-state index in [0.717, 1.165) is 36.4 Å². The summed E-state index contributed by atoms with van der Waals surface area (Å²) in [7, 11) is 1.79. The van der Waals surface area contributed by atoms with Crippen LogP contribution in [0.15, 0.2) is 18.2 Å². The molecule has 1 saturated heterocycles. The molecule has 2 N–H and O–H groups in total. The Morgan fingerprint density at radius 1 is 1.28 bits per heavy atom. The Morgan fingerprint density at radius 3 is 2.80 bits per heavy atom. The molecule has 0 bridgehead atoms. The second kappa shape index (κ2) is 7.04. The molecule has 2 aliphatic heterocycles. The number of anilines is 2. The molecule has 2 heterocycles. The average molecular weight is 344 g/mol. The number of urea groups is 1. The molecule has 0 saturated carbocycles. The van der Waals surface area contributed by atoms with Crippen LogP contribution in [0.25, 0.3) is 0 Å². The Labute approximate surface area is 149 Å². The van der Waals surface area contributed by atoms with E-state index >= 15 is 0 Å². The third-order valence-corrected chi connectivity index (χ3v) is 5.42. The Hall–Kier alpha value is -2.08. The van der Waals surface area contributed by atoms with Gasteiger partial charge in [-0.1, -0.05) is 0 Å². The van der Waals surface area contributed by atoms with Crippen molar-refractivity contribution in [3.05, 3.63) is 23.8 Å². The highest BCUT2D eigenvalue weighted by molar-refractivity contribution is 5.97. The smallest absolute Gasteiger partial charge is 0.319 e. The van der Waals surface area contributed by atoms with Crippen molar-refractivity contribution in [3.63, 3.8) is 0 Å². The van der Waals surface area contributed by atoms with Crippen molar-refractivity contribution < 1.29 is 9.59 Å². The Morgan fingerprint density at radius 2 is 2.08 bits per heavy atom. The highest BCUT2D eigenvalue weighted by atomic mass is 16.2. The van der Waals surface area contributed by atoms with Gasteiger partial charge in [-0.3, -0.25) is 9.69 Å². The van der Waals surface area contributed by atoms with Crippen LogP contribution in [0.5, 0.6) is 0 Å². The number of benzene rings is 1. The highest BCUT2D eigenvalue weighted by Gasteiger charge is 2.31. The summed E-state index contributed by atoms with van der Waals surface area (Å²) in [6.45, 7) is 7.13. The fraction of sp³-hybridized carbons (Fsp3) is 0.579. The molecule has 0 unspecified atom stereocenters. The molecule has 0 aromatic heterocycles. The minimum Gasteiger partial charge on any atom is -0.337 e. The van der Waals surface area contributed by atoms with Gasteiger partial charge >= 0.3 is 6.03 Å². The number of carbonyl (C=O) groups is 2. The maximum Gasteiger partial charge on any atom is 0.319 e. The Bertz CT molecular complexity index is 671. The monoisotopic (exact) mass is 344 g/mol. The molecule has 0 atom stereocenters. The summed E-state index contributed by atoms with van der Waals surface area (Å²) in [5.41, 5.74) is 3.03. The van der Waals surface area contributed by atoms with E-state index in [1.54, 1.807) is 11.9 Å². The second-order valence-corrected chi connectivity index (χ2v) is 7.58. The van der Waals surface area contributed by atoms with Crippen molar-refractivity contribution in [1.29, 1.82) is 0 Å². The molecule has 136 valence electrons. The van der Waals surface area contributed by atoms with E-state index in [1.165, 1.54) is 12.8 Å². The summed E-state index contributed by atoms with van der Waals surface area (Å²) in [5.74, 6) is 0.135. The van der Waals surface area contributed by atoms with Gasteiger partial charge in [-0.05, 0) is 63.4 Å². The molecule has 3 rings (SSSR count). The first kappa shape index (κ1) is 17.7. The van der Waals surface area contributed by atoms with Gasteiger partial charge in [-0.15, -0.1) is 0 Å². The number of carbonyl (C=O) groups excluding carboxylic acids is 2. The molecule has 0 aliphatic carbocycles. The minimum atomic E-state index is -0.183. The van der Waals surface area contributed by atoms with Crippen molar-refractivity contribution in [2.45, 2.75) is 45.1 Å². The molecule has 6 heteroatoms. The molecular formula is C19H28N4O2. The number of nitrogens with zero attached hydrogens (tertiary/aromatic N) is 2. The number of hydrogen-bond acceptors (Lipinski definition) is 3. The lowest BCUT2D eigenvalue weighted by molar-refractivity contribution is -0.118. The molecule has 3 amide bonds. The Balaban J connectivity index is 1.51. The van der Waals surface area contributed by atoms with Crippen LogP contribution >= 0.6 is 0 Å². The summed E-state index contributed by atoms with van der Waals surface area (Å²) < 4.78 is 0. The third-order valence-electron chi connectivity index (χ3n) is 5.42. The molecule has 1 aromatic rings. The molecule has 6 nitrogen and oxygen atoms in total. The molecule has 1 aromatic carbocycles. The first-order valence-corrected chi connectivity index (χ1v) is 9.06. The van der Waals surface area contributed by atoms with Crippen LogP contribution in [0, 0.1) is 0 Å². The molecule has 25 heavy (non-hydrogen) atoms.